The Labute approximate surface area is 190 Å². The predicted molar refractivity (Wildman–Crippen MR) is 118 cm³/mol. The van der Waals surface area contributed by atoms with E-state index in [-0.39, 0.29) is 30.6 Å². The first-order valence-electron chi connectivity index (χ1n) is 11.5. The Kier molecular flexibility index (Phi) is 3.68. The first-order chi connectivity index (χ1) is 16.1. The molecule has 2 aromatic carbocycles. The van der Waals surface area contributed by atoms with Gasteiger partial charge in [0.15, 0.2) is 11.5 Å². The number of fused-ring (bicyclic) bond motifs is 8. The van der Waals surface area contributed by atoms with Crippen LogP contribution >= 0.6 is 0 Å². The Hall–Kier alpha value is -3.39. The summed E-state index contributed by atoms with van der Waals surface area (Å²) in [5.74, 6) is -0.944. The van der Waals surface area contributed by atoms with Gasteiger partial charge in [-0.3, -0.25) is 19.3 Å². The van der Waals surface area contributed by atoms with E-state index in [1.807, 2.05) is 18.2 Å². The lowest BCUT2D eigenvalue weighted by atomic mass is 9.75. The lowest BCUT2D eigenvalue weighted by molar-refractivity contribution is -0.135. The molecule has 0 aromatic heterocycles. The van der Waals surface area contributed by atoms with Crippen LogP contribution in [0.5, 0.6) is 11.5 Å². The molecule has 5 aliphatic rings. The quantitative estimate of drug-likeness (QED) is 0.715. The summed E-state index contributed by atoms with van der Waals surface area (Å²) < 4.78 is 10.9. The van der Waals surface area contributed by atoms with E-state index in [9.17, 15) is 14.4 Å². The van der Waals surface area contributed by atoms with Crippen LogP contribution in [0.2, 0.25) is 0 Å². The summed E-state index contributed by atoms with van der Waals surface area (Å²) in [6.07, 6.45) is 2.52. The minimum atomic E-state index is -1.15. The zero-order valence-electron chi connectivity index (χ0n) is 18.2. The molecule has 4 unspecified atom stereocenters. The molecule has 1 spiro atoms. The summed E-state index contributed by atoms with van der Waals surface area (Å²) in [5, 5.41) is 3.03. The molecule has 0 radical (unpaired) electrons. The van der Waals surface area contributed by atoms with Crippen molar-refractivity contribution in [2.45, 2.75) is 37.8 Å². The molecule has 1 N–H and O–H groups in total. The smallest absolute Gasteiger partial charge is 0.250 e. The lowest BCUT2D eigenvalue weighted by Gasteiger charge is -2.36. The number of hydrogen-bond acceptors (Lipinski definition) is 6. The van der Waals surface area contributed by atoms with Crippen molar-refractivity contribution in [1.29, 1.82) is 0 Å². The van der Waals surface area contributed by atoms with Crippen molar-refractivity contribution in [3.63, 3.8) is 0 Å². The van der Waals surface area contributed by atoms with Gasteiger partial charge in [0.25, 0.3) is 0 Å². The highest BCUT2D eigenvalue weighted by atomic mass is 16.7. The second kappa shape index (κ2) is 6.35. The molecule has 0 aliphatic carbocycles. The third kappa shape index (κ3) is 2.17. The molecule has 5 heterocycles. The summed E-state index contributed by atoms with van der Waals surface area (Å²) in [5.41, 5.74) is 1.99. The predicted octanol–water partition coefficient (Wildman–Crippen LogP) is 2.41. The Morgan fingerprint density at radius 3 is 2.76 bits per heavy atom. The normalized spacial score (nSPS) is 31.4. The van der Waals surface area contributed by atoms with Crippen LogP contribution < -0.4 is 19.7 Å². The molecular formula is C25H23N3O5. The number of benzene rings is 2. The van der Waals surface area contributed by atoms with Gasteiger partial charge in [-0.05, 0) is 49.6 Å². The molecule has 3 fully saturated rings. The first kappa shape index (κ1) is 19.1. The third-order valence-corrected chi connectivity index (χ3v) is 8.08. The second-order valence-corrected chi connectivity index (χ2v) is 9.41. The minimum absolute atomic E-state index is 0.114. The van der Waals surface area contributed by atoms with Crippen molar-refractivity contribution >= 4 is 29.1 Å². The van der Waals surface area contributed by atoms with E-state index >= 15 is 0 Å². The number of imide groups is 1. The summed E-state index contributed by atoms with van der Waals surface area (Å²) in [6.45, 7) is 2.88. The summed E-state index contributed by atoms with van der Waals surface area (Å²) in [7, 11) is 0. The molecule has 3 saturated heterocycles. The maximum absolute atomic E-state index is 14.0. The molecule has 7 rings (SSSR count). The monoisotopic (exact) mass is 445 g/mol. The van der Waals surface area contributed by atoms with E-state index in [0.717, 1.165) is 36.1 Å². The van der Waals surface area contributed by atoms with Crippen molar-refractivity contribution < 1.29 is 23.9 Å². The molecule has 0 bridgehead atoms. The minimum Gasteiger partial charge on any atom is -0.454 e. The fourth-order valence-electron chi connectivity index (χ4n) is 6.75. The number of nitrogens with zero attached hydrogens (tertiary/aromatic N) is 2. The second-order valence-electron chi connectivity index (χ2n) is 9.41. The van der Waals surface area contributed by atoms with Crippen LogP contribution in [0.3, 0.4) is 0 Å². The van der Waals surface area contributed by atoms with E-state index in [4.69, 9.17) is 9.47 Å². The van der Waals surface area contributed by atoms with Crippen molar-refractivity contribution in [2.24, 2.45) is 11.8 Å². The van der Waals surface area contributed by atoms with Crippen molar-refractivity contribution in [3.8, 4) is 11.5 Å². The van der Waals surface area contributed by atoms with Crippen LogP contribution in [0.15, 0.2) is 36.4 Å². The Morgan fingerprint density at radius 2 is 1.91 bits per heavy atom. The Morgan fingerprint density at radius 1 is 1.06 bits per heavy atom. The molecule has 168 valence electrons. The SMILES string of the molecule is CCc1ccc2c(c1)C1(C(=O)N2)C2C(=O)N(c3ccc4c(c3)OCO4)C(=O)C2C2CCCN21. The lowest BCUT2D eigenvalue weighted by Crippen LogP contribution is -2.54. The fraction of sp³-hybridized carbons (Fsp3) is 0.400. The highest BCUT2D eigenvalue weighted by molar-refractivity contribution is 6.26. The van der Waals surface area contributed by atoms with Gasteiger partial charge in [0.05, 0.1) is 17.5 Å². The van der Waals surface area contributed by atoms with Crippen LogP contribution in [0.4, 0.5) is 11.4 Å². The number of ether oxygens (including phenoxy) is 2. The number of carbonyl (C=O) groups excluding carboxylic acids is 3. The Bertz CT molecular complexity index is 1260. The summed E-state index contributed by atoms with van der Waals surface area (Å²) >= 11 is 0. The summed E-state index contributed by atoms with van der Waals surface area (Å²) in [6, 6.07) is 11.0. The van der Waals surface area contributed by atoms with Crippen LogP contribution in [-0.2, 0) is 26.3 Å². The zero-order chi connectivity index (χ0) is 22.5. The average Bonchev–Trinajstić information content (AvgIpc) is 3.59. The number of anilines is 2. The maximum atomic E-state index is 14.0. The van der Waals surface area contributed by atoms with Crippen LogP contribution in [0.1, 0.15) is 30.9 Å². The number of rotatable bonds is 2. The van der Waals surface area contributed by atoms with E-state index in [1.54, 1.807) is 18.2 Å². The topological polar surface area (TPSA) is 88.2 Å². The Balaban J connectivity index is 1.40. The van der Waals surface area contributed by atoms with Gasteiger partial charge in [-0.1, -0.05) is 19.1 Å². The number of aryl methyl sites for hydroxylation is 1. The van der Waals surface area contributed by atoms with Gasteiger partial charge < -0.3 is 14.8 Å². The van der Waals surface area contributed by atoms with Gasteiger partial charge in [-0.2, -0.15) is 0 Å². The van der Waals surface area contributed by atoms with Gasteiger partial charge in [-0.15, -0.1) is 0 Å². The van der Waals surface area contributed by atoms with Crippen molar-refractivity contribution in [2.75, 3.05) is 23.6 Å². The largest absolute Gasteiger partial charge is 0.454 e. The van der Waals surface area contributed by atoms with Gasteiger partial charge in [0.2, 0.25) is 24.5 Å². The number of amides is 3. The average molecular weight is 445 g/mol. The summed E-state index contributed by atoms with van der Waals surface area (Å²) in [4.78, 5) is 45.0. The highest BCUT2D eigenvalue weighted by Crippen LogP contribution is 2.61. The molecule has 0 saturated carbocycles. The fourth-order valence-corrected chi connectivity index (χ4v) is 6.75. The highest BCUT2D eigenvalue weighted by Gasteiger charge is 2.74. The van der Waals surface area contributed by atoms with Crippen LogP contribution in [0.25, 0.3) is 0 Å². The maximum Gasteiger partial charge on any atom is 0.250 e. The number of carbonyl (C=O) groups is 3. The van der Waals surface area contributed by atoms with Crippen molar-refractivity contribution in [3.05, 3.63) is 47.5 Å². The molecule has 5 aliphatic heterocycles. The van der Waals surface area contributed by atoms with Gasteiger partial charge >= 0.3 is 0 Å². The molecule has 2 aromatic rings. The van der Waals surface area contributed by atoms with Gasteiger partial charge in [0.1, 0.15) is 5.54 Å². The van der Waals surface area contributed by atoms with Crippen molar-refractivity contribution in [1.82, 2.24) is 4.90 Å². The molecule has 8 nitrogen and oxygen atoms in total. The van der Waals surface area contributed by atoms with Gasteiger partial charge in [0, 0.05) is 23.4 Å². The van der Waals surface area contributed by atoms with E-state index in [2.05, 4.69) is 17.1 Å². The number of nitrogens with one attached hydrogen (secondary N) is 1. The van der Waals surface area contributed by atoms with Gasteiger partial charge in [-0.25, -0.2) is 4.90 Å². The third-order valence-electron chi connectivity index (χ3n) is 8.08. The van der Waals surface area contributed by atoms with Crippen LogP contribution in [-0.4, -0.2) is 42.0 Å². The zero-order valence-corrected chi connectivity index (χ0v) is 18.2. The number of hydrogen-bond donors (Lipinski definition) is 1. The first-order valence-corrected chi connectivity index (χ1v) is 11.5. The van der Waals surface area contributed by atoms with E-state index in [0.29, 0.717) is 23.7 Å². The molecular weight excluding hydrogens is 422 g/mol. The standard InChI is InChI=1S/C25H23N3O5/c1-2-13-5-7-16-15(10-13)25(24(31)26-16)21-20(17-4-3-9-27(17)25)22(29)28(23(21)30)14-6-8-18-19(11-14)33-12-32-18/h5-8,10-11,17,20-21H,2-4,9,12H2,1H3,(H,26,31). The molecule has 3 amide bonds. The molecule has 4 atom stereocenters. The van der Waals surface area contributed by atoms with E-state index < -0.39 is 17.4 Å². The van der Waals surface area contributed by atoms with Crippen LogP contribution in [0, 0.1) is 11.8 Å². The molecule has 33 heavy (non-hydrogen) atoms. The molecule has 8 heteroatoms. The van der Waals surface area contributed by atoms with E-state index in [1.165, 1.54) is 4.90 Å².